The molecule has 0 aromatic carbocycles. The lowest BCUT2D eigenvalue weighted by Gasteiger charge is -2.20. The molecular weight excluding hydrogens is 174 g/mol. The van der Waals surface area contributed by atoms with E-state index < -0.39 is 0 Å². The third-order valence-corrected chi connectivity index (χ3v) is 2.74. The summed E-state index contributed by atoms with van der Waals surface area (Å²) in [6, 6.07) is 2.59. The minimum atomic E-state index is 0.583. The maximum Gasteiger partial charge on any atom is 0.120 e. The second-order valence-electron chi connectivity index (χ2n) is 4.17. The van der Waals surface area contributed by atoms with E-state index in [1.807, 2.05) is 6.07 Å². The van der Waals surface area contributed by atoms with Gasteiger partial charge in [-0.05, 0) is 30.9 Å². The molecule has 1 N–H and O–H groups in total. The number of rotatable bonds is 5. The van der Waals surface area contributed by atoms with Crippen molar-refractivity contribution in [3.8, 4) is 0 Å². The Morgan fingerprint density at radius 2 is 2.14 bits per heavy atom. The van der Waals surface area contributed by atoms with Crippen molar-refractivity contribution in [2.45, 2.75) is 46.7 Å². The average molecular weight is 195 g/mol. The van der Waals surface area contributed by atoms with Crippen LogP contribution >= 0.6 is 0 Å². The molecule has 0 saturated heterocycles. The first-order valence-electron chi connectivity index (χ1n) is 5.41. The second-order valence-corrected chi connectivity index (χ2v) is 4.17. The molecule has 2 nitrogen and oxygen atoms in total. The molecule has 1 unspecified atom stereocenters. The van der Waals surface area contributed by atoms with Gasteiger partial charge in [-0.15, -0.1) is 0 Å². The second kappa shape index (κ2) is 5.20. The third-order valence-electron chi connectivity index (χ3n) is 2.74. The molecule has 0 aliphatic heterocycles. The van der Waals surface area contributed by atoms with Crippen molar-refractivity contribution >= 4 is 0 Å². The lowest BCUT2D eigenvalue weighted by Crippen LogP contribution is -2.32. The molecule has 0 aliphatic carbocycles. The van der Waals surface area contributed by atoms with Crippen LogP contribution in [0.5, 0.6) is 0 Å². The van der Waals surface area contributed by atoms with Gasteiger partial charge in [0.2, 0.25) is 0 Å². The van der Waals surface area contributed by atoms with E-state index in [0.29, 0.717) is 12.0 Å². The van der Waals surface area contributed by atoms with E-state index in [1.54, 1.807) is 6.26 Å². The highest BCUT2D eigenvalue weighted by molar-refractivity contribution is 5.14. The Morgan fingerprint density at radius 1 is 1.43 bits per heavy atom. The number of aryl methyl sites for hydroxylation is 1. The highest BCUT2D eigenvalue weighted by atomic mass is 16.3. The fourth-order valence-corrected chi connectivity index (χ4v) is 1.66. The van der Waals surface area contributed by atoms with E-state index in [2.05, 4.69) is 33.0 Å². The topological polar surface area (TPSA) is 25.2 Å². The van der Waals surface area contributed by atoms with Gasteiger partial charge < -0.3 is 9.73 Å². The van der Waals surface area contributed by atoms with Gasteiger partial charge in [0.15, 0.2) is 0 Å². The molecule has 0 aliphatic rings. The van der Waals surface area contributed by atoms with Crippen molar-refractivity contribution < 1.29 is 4.42 Å². The molecule has 1 aromatic heterocycles. The van der Waals surface area contributed by atoms with Crippen LogP contribution in [-0.2, 0) is 6.54 Å². The van der Waals surface area contributed by atoms with Gasteiger partial charge in [0.1, 0.15) is 5.76 Å². The fraction of sp³-hybridized carbons (Fsp3) is 0.667. The van der Waals surface area contributed by atoms with E-state index in [1.165, 1.54) is 5.56 Å². The van der Waals surface area contributed by atoms with Crippen LogP contribution in [0.3, 0.4) is 0 Å². The molecule has 0 radical (unpaired) electrons. The predicted molar refractivity (Wildman–Crippen MR) is 59.2 cm³/mol. The molecule has 1 rings (SSSR count). The van der Waals surface area contributed by atoms with Gasteiger partial charge in [0.05, 0.1) is 12.8 Å². The van der Waals surface area contributed by atoms with E-state index in [9.17, 15) is 0 Å². The zero-order valence-corrected chi connectivity index (χ0v) is 9.63. The first-order valence-corrected chi connectivity index (χ1v) is 5.41. The zero-order chi connectivity index (χ0) is 10.6. The lowest BCUT2D eigenvalue weighted by atomic mass is 10.0. The molecule has 0 bridgehead atoms. The number of nitrogens with one attached hydrogen (secondary N) is 1. The highest BCUT2D eigenvalue weighted by Gasteiger charge is 2.11. The van der Waals surface area contributed by atoms with Gasteiger partial charge in [-0.25, -0.2) is 0 Å². The summed E-state index contributed by atoms with van der Waals surface area (Å²) >= 11 is 0. The maximum atomic E-state index is 5.38. The Balaban J connectivity index is 2.43. The van der Waals surface area contributed by atoms with Crippen LogP contribution in [0.2, 0.25) is 0 Å². The van der Waals surface area contributed by atoms with Gasteiger partial charge in [-0.3, -0.25) is 0 Å². The molecular formula is C12H21NO. The third kappa shape index (κ3) is 2.88. The Morgan fingerprint density at radius 3 is 2.57 bits per heavy atom. The number of hydrogen-bond donors (Lipinski definition) is 1. The van der Waals surface area contributed by atoms with Gasteiger partial charge in [-0.2, -0.15) is 0 Å². The Hall–Kier alpha value is -0.760. The van der Waals surface area contributed by atoms with Gasteiger partial charge >= 0.3 is 0 Å². The lowest BCUT2D eigenvalue weighted by molar-refractivity contribution is 0.366. The summed E-state index contributed by atoms with van der Waals surface area (Å²) in [7, 11) is 0. The van der Waals surface area contributed by atoms with Crippen molar-refractivity contribution in [1.29, 1.82) is 0 Å². The molecule has 80 valence electrons. The van der Waals surface area contributed by atoms with Gasteiger partial charge in [-0.1, -0.05) is 20.8 Å². The first kappa shape index (κ1) is 11.3. The summed E-state index contributed by atoms with van der Waals surface area (Å²) in [5.74, 6) is 1.74. The smallest absolute Gasteiger partial charge is 0.120 e. The van der Waals surface area contributed by atoms with Crippen molar-refractivity contribution in [3.05, 3.63) is 23.7 Å². The van der Waals surface area contributed by atoms with Gasteiger partial charge in [0.25, 0.3) is 0 Å². The summed E-state index contributed by atoms with van der Waals surface area (Å²) in [6.07, 6.45) is 2.92. The first-order chi connectivity index (χ1) is 6.65. The molecule has 1 aromatic rings. The SMILES string of the molecule is CCC(NCc1occc1C)C(C)C. The van der Waals surface area contributed by atoms with E-state index in [4.69, 9.17) is 4.42 Å². The Labute approximate surface area is 86.7 Å². The van der Waals surface area contributed by atoms with Crippen LogP contribution in [0.1, 0.15) is 38.5 Å². The summed E-state index contributed by atoms with van der Waals surface area (Å²) < 4.78 is 5.38. The normalized spacial score (nSPS) is 13.5. The standard InChI is InChI=1S/C12H21NO/c1-5-11(9(2)3)13-8-12-10(4)6-7-14-12/h6-7,9,11,13H,5,8H2,1-4H3. The van der Waals surface area contributed by atoms with Crippen molar-refractivity contribution in [1.82, 2.24) is 5.32 Å². The number of hydrogen-bond acceptors (Lipinski definition) is 2. The van der Waals surface area contributed by atoms with Crippen molar-refractivity contribution in [2.24, 2.45) is 5.92 Å². The fourth-order valence-electron chi connectivity index (χ4n) is 1.66. The zero-order valence-electron chi connectivity index (χ0n) is 9.63. The molecule has 0 spiro atoms. The molecule has 2 heteroatoms. The summed E-state index contributed by atoms with van der Waals surface area (Å²) in [6.45, 7) is 9.63. The molecule has 0 amide bonds. The van der Waals surface area contributed by atoms with E-state index in [0.717, 1.165) is 18.7 Å². The van der Waals surface area contributed by atoms with E-state index in [-0.39, 0.29) is 0 Å². The van der Waals surface area contributed by atoms with Crippen LogP contribution in [0.4, 0.5) is 0 Å². The van der Waals surface area contributed by atoms with Crippen LogP contribution in [0, 0.1) is 12.8 Å². The van der Waals surface area contributed by atoms with Crippen LogP contribution < -0.4 is 5.32 Å². The molecule has 1 atom stereocenters. The molecule has 14 heavy (non-hydrogen) atoms. The quantitative estimate of drug-likeness (QED) is 0.781. The predicted octanol–water partition coefficient (Wildman–Crippen LogP) is 3.11. The minimum absolute atomic E-state index is 0.583. The average Bonchev–Trinajstić information content (AvgIpc) is 2.52. The molecule has 0 saturated carbocycles. The van der Waals surface area contributed by atoms with Crippen molar-refractivity contribution in [2.75, 3.05) is 0 Å². The molecule has 1 heterocycles. The molecule has 0 fully saturated rings. The van der Waals surface area contributed by atoms with E-state index >= 15 is 0 Å². The van der Waals surface area contributed by atoms with Crippen LogP contribution in [0.25, 0.3) is 0 Å². The van der Waals surface area contributed by atoms with Gasteiger partial charge in [0, 0.05) is 6.04 Å². The van der Waals surface area contributed by atoms with Crippen LogP contribution in [-0.4, -0.2) is 6.04 Å². The Kier molecular flexibility index (Phi) is 4.21. The Bertz CT molecular complexity index is 265. The summed E-state index contributed by atoms with van der Waals surface area (Å²) in [5, 5.41) is 3.52. The highest BCUT2D eigenvalue weighted by Crippen LogP contribution is 2.11. The maximum absolute atomic E-state index is 5.38. The number of furan rings is 1. The van der Waals surface area contributed by atoms with Crippen LogP contribution in [0.15, 0.2) is 16.7 Å². The summed E-state index contributed by atoms with van der Waals surface area (Å²) in [5.41, 5.74) is 1.23. The summed E-state index contributed by atoms with van der Waals surface area (Å²) in [4.78, 5) is 0. The minimum Gasteiger partial charge on any atom is -0.468 e. The van der Waals surface area contributed by atoms with Crippen molar-refractivity contribution in [3.63, 3.8) is 0 Å². The monoisotopic (exact) mass is 195 g/mol. The largest absolute Gasteiger partial charge is 0.468 e.